The molecule has 0 aliphatic carbocycles. The van der Waals surface area contributed by atoms with Gasteiger partial charge in [0, 0.05) is 5.56 Å². The van der Waals surface area contributed by atoms with Crippen molar-refractivity contribution < 1.29 is 14.3 Å². The smallest absolute Gasteiger partial charge is 0.293 e. The number of hydrogen-bond acceptors (Lipinski definition) is 4. The molecule has 2 heterocycles. The van der Waals surface area contributed by atoms with Crippen molar-refractivity contribution in [1.29, 1.82) is 5.26 Å². The molecule has 3 rings (SSSR count). The Morgan fingerprint density at radius 1 is 1.42 bits per heavy atom. The molecule has 0 bridgehead atoms. The number of halogens is 1. The van der Waals surface area contributed by atoms with Crippen LogP contribution >= 0.6 is 11.6 Å². The van der Waals surface area contributed by atoms with E-state index in [0.29, 0.717) is 29.5 Å². The molecule has 6 heteroatoms. The number of amides is 1. The van der Waals surface area contributed by atoms with Gasteiger partial charge in [0.15, 0.2) is 0 Å². The summed E-state index contributed by atoms with van der Waals surface area (Å²) in [6.45, 7) is 0.806. The zero-order chi connectivity index (χ0) is 13.5. The lowest BCUT2D eigenvalue weighted by Crippen LogP contribution is -2.47. The molecule has 1 aromatic carbocycles. The average Bonchev–Trinajstić information content (AvgIpc) is 2.65. The highest BCUT2D eigenvalue weighted by molar-refractivity contribution is 6.35. The van der Waals surface area contributed by atoms with Crippen LogP contribution in [0.25, 0.3) is 0 Å². The standard InChI is InChI=1S/C13H11ClN2O3/c14-10-4-1-3-9-11(10)16(6-5-15)12(17)13(9)18-7-2-8-19-13/h1,3-4H,2,6-8H2. The molecule has 1 aromatic rings. The fourth-order valence-corrected chi connectivity index (χ4v) is 2.76. The van der Waals surface area contributed by atoms with Gasteiger partial charge < -0.3 is 9.47 Å². The zero-order valence-electron chi connectivity index (χ0n) is 10.1. The Balaban J connectivity index is 2.18. The summed E-state index contributed by atoms with van der Waals surface area (Å²) in [5.74, 6) is -1.80. The summed E-state index contributed by atoms with van der Waals surface area (Å²) in [7, 11) is 0. The minimum atomic E-state index is -1.42. The first-order chi connectivity index (χ1) is 9.20. The van der Waals surface area contributed by atoms with Crippen LogP contribution in [-0.4, -0.2) is 25.7 Å². The van der Waals surface area contributed by atoms with Gasteiger partial charge >= 0.3 is 0 Å². The first kappa shape index (κ1) is 12.4. The lowest BCUT2D eigenvalue weighted by atomic mass is 10.1. The third kappa shape index (κ3) is 1.65. The van der Waals surface area contributed by atoms with Gasteiger partial charge in [0.2, 0.25) is 0 Å². The van der Waals surface area contributed by atoms with Crippen LogP contribution in [0.15, 0.2) is 18.2 Å². The van der Waals surface area contributed by atoms with Crippen LogP contribution in [0.2, 0.25) is 5.02 Å². The summed E-state index contributed by atoms with van der Waals surface area (Å²) in [4.78, 5) is 13.9. The lowest BCUT2D eigenvalue weighted by Gasteiger charge is -2.32. The summed E-state index contributed by atoms with van der Waals surface area (Å²) in [6, 6.07) is 7.14. The number of ether oxygens (including phenoxy) is 2. The highest BCUT2D eigenvalue weighted by atomic mass is 35.5. The number of hydrogen-bond donors (Lipinski definition) is 0. The molecule has 2 aliphatic heterocycles. The normalized spacial score (nSPS) is 20.4. The highest BCUT2D eigenvalue weighted by Crippen LogP contribution is 2.47. The molecule has 0 unspecified atom stereocenters. The number of rotatable bonds is 1. The third-order valence-electron chi connectivity index (χ3n) is 3.27. The highest BCUT2D eigenvalue weighted by Gasteiger charge is 2.55. The number of para-hydroxylation sites is 1. The Hall–Kier alpha value is -1.61. The maximum atomic E-state index is 12.5. The van der Waals surface area contributed by atoms with E-state index < -0.39 is 5.79 Å². The van der Waals surface area contributed by atoms with Crippen LogP contribution in [0, 0.1) is 11.3 Å². The fraction of sp³-hybridized carbons (Fsp3) is 0.385. The van der Waals surface area contributed by atoms with Gasteiger partial charge in [0.25, 0.3) is 11.7 Å². The monoisotopic (exact) mass is 278 g/mol. The Morgan fingerprint density at radius 3 is 2.84 bits per heavy atom. The summed E-state index contributed by atoms with van der Waals surface area (Å²) < 4.78 is 11.2. The minimum absolute atomic E-state index is 0.0793. The van der Waals surface area contributed by atoms with Crippen LogP contribution < -0.4 is 4.90 Å². The second-order valence-corrected chi connectivity index (χ2v) is 4.76. The van der Waals surface area contributed by atoms with Gasteiger partial charge in [0.1, 0.15) is 6.54 Å². The van der Waals surface area contributed by atoms with Gasteiger partial charge in [-0.3, -0.25) is 9.69 Å². The molecule has 0 N–H and O–H groups in total. The molecule has 1 saturated heterocycles. The first-order valence-electron chi connectivity index (χ1n) is 5.96. The zero-order valence-corrected chi connectivity index (χ0v) is 10.8. The van der Waals surface area contributed by atoms with E-state index in [0.717, 1.165) is 6.42 Å². The molecule has 1 amide bonds. The molecular formula is C13H11ClN2O3. The molecule has 98 valence electrons. The predicted octanol–water partition coefficient (Wildman–Crippen LogP) is 1.80. The van der Waals surface area contributed by atoms with Crippen molar-refractivity contribution in [2.24, 2.45) is 0 Å². The molecule has 2 aliphatic rings. The summed E-state index contributed by atoms with van der Waals surface area (Å²) in [5.41, 5.74) is 1.09. The van der Waals surface area contributed by atoms with E-state index in [1.54, 1.807) is 18.2 Å². The SMILES string of the molecule is N#CCN1C(=O)C2(OCCCO2)c2cccc(Cl)c21. The van der Waals surface area contributed by atoms with E-state index >= 15 is 0 Å². The van der Waals surface area contributed by atoms with Gasteiger partial charge in [-0.15, -0.1) is 0 Å². The van der Waals surface area contributed by atoms with E-state index in [2.05, 4.69) is 0 Å². The number of benzene rings is 1. The predicted molar refractivity (Wildman–Crippen MR) is 67.6 cm³/mol. The van der Waals surface area contributed by atoms with Crippen molar-refractivity contribution in [2.45, 2.75) is 12.2 Å². The number of nitriles is 1. The van der Waals surface area contributed by atoms with E-state index in [-0.39, 0.29) is 12.5 Å². The third-order valence-corrected chi connectivity index (χ3v) is 3.57. The van der Waals surface area contributed by atoms with Crippen molar-refractivity contribution >= 4 is 23.2 Å². The van der Waals surface area contributed by atoms with Crippen molar-refractivity contribution in [3.05, 3.63) is 28.8 Å². The Bertz CT molecular complexity index is 576. The first-order valence-corrected chi connectivity index (χ1v) is 6.34. The van der Waals surface area contributed by atoms with E-state index in [1.165, 1.54) is 4.90 Å². The molecule has 0 atom stereocenters. The topological polar surface area (TPSA) is 62.6 Å². The fourth-order valence-electron chi connectivity index (χ4n) is 2.48. The minimum Gasteiger partial charge on any atom is -0.338 e. The second-order valence-electron chi connectivity index (χ2n) is 4.35. The van der Waals surface area contributed by atoms with E-state index in [4.69, 9.17) is 26.3 Å². The van der Waals surface area contributed by atoms with Crippen LogP contribution in [0.5, 0.6) is 0 Å². The summed E-state index contributed by atoms with van der Waals surface area (Å²) in [6.07, 6.45) is 0.739. The molecule has 0 radical (unpaired) electrons. The average molecular weight is 279 g/mol. The number of fused-ring (bicyclic) bond motifs is 2. The van der Waals surface area contributed by atoms with E-state index in [9.17, 15) is 4.79 Å². The van der Waals surface area contributed by atoms with Gasteiger partial charge in [-0.2, -0.15) is 5.26 Å². The number of anilines is 1. The molecule has 0 aromatic heterocycles. The summed E-state index contributed by atoms with van der Waals surface area (Å²) >= 11 is 6.15. The van der Waals surface area contributed by atoms with Crippen LogP contribution in [0.1, 0.15) is 12.0 Å². The van der Waals surface area contributed by atoms with Crippen LogP contribution in [0.4, 0.5) is 5.69 Å². The molecule has 0 saturated carbocycles. The van der Waals surface area contributed by atoms with Gasteiger partial charge in [-0.1, -0.05) is 23.7 Å². The maximum absolute atomic E-state index is 12.5. The van der Waals surface area contributed by atoms with Crippen molar-refractivity contribution in [1.82, 2.24) is 0 Å². The lowest BCUT2D eigenvalue weighted by molar-refractivity contribution is -0.256. The van der Waals surface area contributed by atoms with E-state index in [1.807, 2.05) is 6.07 Å². The van der Waals surface area contributed by atoms with Crippen molar-refractivity contribution in [2.75, 3.05) is 24.7 Å². The Labute approximate surface area is 115 Å². The number of carbonyl (C=O) groups is 1. The quantitative estimate of drug-likeness (QED) is 0.735. The number of carbonyl (C=O) groups excluding carboxylic acids is 1. The molecule has 5 nitrogen and oxygen atoms in total. The van der Waals surface area contributed by atoms with Crippen LogP contribution in [-0.2, 0) is 20.1 Å². The van der Waals surface area contributed by atoms with Crippen molar-refractivity contribution in [3.8, 4) is 6.07 Å². The molecular weight excluding hydrogens is 268 g/mol. The Morgan fingerprint density at radius 2 is 2.16 bits per heavy atom. The molecule has 1 fully saturated rings. The maximum Gasteiger partial charge on any atom is 0.293 e. The van der Waals surface area contributed by atoms with Gasteiger partial charge in [-0.05, 0) is 12.5 Å². The van der Waals surface area contributed by atoms with Gasteiger partial charge in [-0.25, -0.2) is 0 Å². The van der Waals surface area contributed by atoms with Gasteiger partial charge in [0.05, 0.1) is 30.0 Å². The molecule has 19 heavy (non-hydrogen) atoms. The van der Waals surface area contributed by atoms with Crippen molar-refractivity contribution in [3.63, 3.8) is 0 Å². The number of nitrogens with zero attached hydrogens (tertiary/aromatic N) is 2. The van der Waals surface area contributed by atoms with Crippen LogP contribution in [0.3, 0.4) is 0 Å². The summed E-state index contributed by atoms with van der Waals surface area (Å²) in [5, 5.41) is 9.29. The largest absolute Gasteiger partial charge is 0.338 e. The molecule has 1 spiro atoms. The second kappa shape index (κ2) is 4.49. The Kier molecular flexibility index (Phi) is 2.94.